The number of carbonyl (C=O) groups is 2. The number of amides is 2. The number of hydrogen-bond acceptors (Lipinski definition) is 3. The first-order chi connectivity index (χ1) is 13.5. The molecule has 28 heavy (non-hydrogen) atoms. The zero-order valence-electron chi connectivity index (χ0n) is 14.8. The first-order valence-electron chi connectivity index (χ1n) is 8.28. The molecule has 3 aromatic carbocycles. The number of methoxy groups -OCH3 is 1. The van der Waals surface area contributed by atoms with Gasteiger partial charge in [0.25, 0.3) is 11.8 Å². The van der Waals surface area contributed by atoms with Gasteiger partial charge in [-0.05, 0) is 60.7 Å². The molecular formula is C21H16ClFN2O3. The maximum Gasteiger partial charge on any atom is 0.255 e. The number of hydrogen-bond donors (Lipinski definition) is 2. The molecule has 0 aromatic heterocycles. The van der Waals surface area contributed by atoms with Crippen LogP contribution in [0.1, 0.15) is 20.7 Å². The van der Waals surface area contributed by atoms with Crippen molar-refractivity contribution in [2.75, 3.05) is 17.7 Å². The van der Waals surface area contributed by atoms with Crippen LogP contribution in [-0.4, -0.2) is 18.9 Å². The summed E-state index contributed by atoms with van der Waals surface area (Å²) in [6, 6.07) is 17.0. The molecule has 142 valence electrons. The summed E-state index contributed by atoms with van der Waals surface area (Å²) >= 11 is 5.72. The third-order valence-electron chi connectivity index (χ3n) is 3.91. The molecule has 0 aliphatic rings. The largest absolute Gasteiger partial charge is 0.497 e. The Hall–Kier alpha value is -3.38. The van der Waals surface area contributed by atoms with Crippen molar-refractivity contribution in [3.05, 3.63) is 88.7 Å². The first kappa shape index (κ1) is 19.4. The van der Waals surface area contributed by atoms with Gasteiger partial charge >= 0.3 is 0 Å². The normalized spacial score (nSPS) is 10.2. The van der Waals surface area contributed by atoms with E-state index >= 15 is 0 Å². The van der Waals surface area contributed by atoms with E-state index in [0.717, 1.165) is 6.07 Å². The highest BCUT2D eigenvalue weighted by Crippen LogP contribution is 2.20. The fourth-order valence-corrected chi connectivity index (χ4v) is 2.64. The second-order valence-corrected chi connectivity index (χ2v) is 6.25. The van der Waals surface area contributed by atoms with Gasteiger partial charge in [-0.25, -0.2) is 4.39 Å². The topological polar surface area (TPSA) is 67.4 Å². The van der Waals surface area contributed by atoms with Gasteiger partial charge in [0.05, 0.1) is 12.1 Å². The molecule has 7 heteroatoms. The molecule has 0 aliphatic heterocycles. The van der Waals surface area contributed by atoms with Crippen molar-refractivity contribution < 1.29 is 18.7 Å². The predicted molar refractivity (Wildman–Crippen MR) is 107 cm³/mol. The van der Waals surface area contributed by atoms with Gasteiger partial charge in [-0.2, -0.15) is 0 Å². The highest BCUT2D eigenvalue weighted by atomic mass is 35.5. The summed E-state index contributed by atoms with van der Waals surface area (Å²) in [4.78, 5) is 24.9. The van der Waals surface area contributed by atoms with Crippen molar-refractivity contribution in [2.24, 2.45) is 0 Å². The van der Waals surface area contributed by atoms with Gasteiger partial charge < -0.3 is 15.4 Å². The lowest BCUT2D eigenvalue weighted by Gasteiger charge is -2.09. The second-order valence-electron chi connectivity index (χ2n) is 5.85. The first-order valence-corrected chi connectivity index (χ1v) is 8.66. The van der Waals surface area contributed by atoms with Crippen molar-refractivity contribution in [1.82, 2.24) is 0 Å². The maximum absolute atomic E-state index is 13.2. The van der Waals surface area contributed by atoms with E-state index in [1.165, 1.54) is 18.2 Å². The Balaban J connectivity index is 1.72. The summed E-state index contributed by atoms with van der Waals surface area (Å²) in [5, 5.41) is 5.28. The Morgan fingerprint density at radius 3 is 2.00 bits per heavy atom. The molecule has 0 saturated heterocycles. The number of nitrogens with one attached hydrogen (secondary N) is 2. The van der Waals surface area contributed by atoms with E-state index in [0.29, 0.717) is 22.7 Å². The van der Waals surface area contributed by atoms with E-state index in [4.69, 9.17) is 16.3 Å². The molecule has 0 heterocycles. The van der Waals surface area contributed by atoms with E-state index in [1.54, 1.807) is 49.6 Å². The highest BCUT2D eigenvalue weighted by Gasteiger charge is 2.12. The number of ether oxygens (including phenoxy) is 1. The Labute approximate surface area is 166 Å². The lowest BCUT2D eigenvalue weighted by atomic mass is 10.1. The van der Waals surface area contributed by atoms with Crippen LogP contribution >= 0.6 is 11.6 Å². The van der Waals surface area contributed by atoms with E-state index < -0.39 is 11.7 Å². The van der Waals surface area contributed by atoms with Crippen molar-refractivity contribution in [3.8, 4) is 5.75 Å². The van der Waals surface area contributed by atoms with Gasteiger partial charge in [0.2, 0.25) is 0 Å². The molecule has 0 unspecified atom stereocenters. The molecule has 0 spiro atoms. The van der Waals surface area contributed by atoms with Crippen LogP contribution in [0.15, 0.2) is 66.7 Å². The van der Waals surface area contributed by atoms with E-state index in [2.05, 4.69) is 10.6 Å². The molecule has 0 aliphatic carbocycles. The molecule has 0 radical (unpaired) electrons. The van der Waals surface area contributed by atoms with Crippen molar-refractivity contribution in [3.63, 3.8) is 0 Å². The van der Waals surface area contributed by atoms with Crippen LogP contribution in [-0.2, 0) is 0 Å². The third kappa shape index (κ3) is 4.66. The molecule has 0 atom stereocenters. The van der Waals surface area contributed by atoms with Gasteiger partial charge in [0, 0.05) is 22.5 Å². The van der Waals surface area contributed by atoms with Gasteiger partial charge in [-0.1, -0.05) is 17.7 Å². The fourth-order valence-electron chi connectivity index (χ4n) is 2.46. The molecule has 5 nitrogen and oxygen atoms in total. The average molecular weight is 399 g/mol. The van der Waals surface area contributed by atoms with Crippen LogP contribution in [0.2, 0.25) is 5.02 Å². The zero-order chi connectivity index (χ0) is 20.1. The van der Waals surface area contributed by atoms with Crippen LogP contribution in [0.25, 0.3) is 0 Å². The summed E-state index contributed by atoms with van der Waals surface area (Å²) in [6.07, 6.45) is 0. The number of rotatable bonds is 5. The number of anilines is 2. The van der Waals surface area contributed by atoms with Crippen LogP contribution < -0.4 is 15.4 Å². The van der Waals surface area contributed by atoms with Crippen LogP contribution in [0.4, 0.5) is 15.8 Å². The maximum atomic E-state index is 13.2. The Bertz CT molecular complexity index is 1020. The summed E-state index contributed by atoms with van der Waals surface area (Å²) in [7, 11) is 1.56. The summed E-state index contributed by atoms with van der Waals surface area (Å²) in [5.41, 5.74) is 1.55. The average Bonchev–Trinajstić information content (AvgIpc) is 2.71. The van der Waals surface area contributed by atoms with Crippen LogP contribution in [0, 0.1) is 5.82 Å². The second kappa shape index (κ2) is 8.54. The molecule has 0 fully saturated rings. The molecule has 2 N–H and O–H groups in total. The highest BCUT2D eigenvalue weighted by molar-refractivity contribution is 6.31. The lowest BCUT2D eigenvalue weighted by molar-refractivity contribution is 0.102. The molecular weight excluding hydrogens is 383 g/mol. The van der Waals surface area contributed by atoms with Crippen LogP contribution in [0.3, 0.4) is 0 Å². The molecule has 3 rings (SSSR count). The number of halogens is 2. The molecule has 0 saturated carbocycles. The fraction of sp³-hybridized carbons (Fsp3) is 0.0476. The van der Waals surface area contributed by atoms with Gasteiger partial charge in [0.15, 0.2) is 0 Å². The SMILES string of the molecule is COc1ccc(NC(=O)c2cccc(C(=O)Nc3ccc(F)c(Cl)c3)c2)cc1. The van der Waals surface area contributed by atoms with E-state index in [1.807, 2.05) is 0 Å². The van der Waals surface area contributed by atoms with Crippen molar-refractivity contribution in [1.29, 1.82) is 0 Å². The minimum Gasteiger partial charge on any atom is -0.497 e. The van der Waals surface area contributed by atoms with Crippen molar-refractivity contribution >= 4 is 34.8 Å². The quantitative estimate of drug-likeness (QED) is 0.636. The van der Waals surface area contributed by atoms with Crippen LogP contribution in [0.5, 0.6) is 5.75 Å². The molecule has 2 amide bonds. The number of carbonyl (C=O) groups excluding carboxylic acids is 2. The van der Waals surface area contributed by atoms with Crippen molar-refractivity contribution in [2.45, 2.75) is 0 Å². The molecule has 0 bridgehead atoms. The van der Waals surface area contributed by atoms with Gasteiger partial charge in [0.1, 0.15) is 11.6 Å². The predicted octanol–water partition coefficient (Wildman–Crippen LogP) is 4.99. The summed E-state index contributed by atoms with van der Waals surface area (Å²) < 4.78 is 18.3. The van der Waals surface area contributed by atoms with E-state index in [-0.39, 0.29) is 16.5 Å². The lowest BCUT2D eigenvalue weighted by Crippen LogP contribution is -2.15. The third-order valence-corrected chi connectivity index (χ3v) is 4.20. The van der Waals surface area contributed by atoms with E-state index in [9.17, 15) is 14.0 Å². The van der Waals surface area contributed by atoms with Gasteiger partial charge in [-0.15, -0.1) is 0 Å². The smallest absolute Gasteiger partial charge is 0.255 e. The standard InChI is InChI=1S/C21H16ClFN2O3/c1-28-17-8-5-15(6-9-17)24-20(26)13-3-2-4-14(11-13)21(27)25-16-7-10-19(23)18(22)12-16/h2-12H,1H3,(H,24,26)(H,25,27). The summed E-state index contributed by atoms with van der Waals surface area (Å²) in [6.45, 7) is 0. The minimum atomic E-state index is -0.572. The Kier molecular flexibility index (Phi) is 5.91. The minimum absolute atomic E-state index is 0.0922. The Morgan fingerprint density at radius 1 is 0.857 bits per heavy atom. The monoisotopic (exact) mass is 398 g/mol. The zero-order valence-corrected chi connectivity index (χ0v) is 15.6. The summed E-state index contributed by atoms with van der Waals surface area (Å²) in [5.74, 6) is -0.694. The van der Waals surface area contributed by atoms with Gasteiger partial charge in [-0.3, -0.25) is 9.59 Å². The Morgan fingerprint density at radius 2 is 1.43 bits per heavy atom. The number of benzene rings is 3. The molecule has 3 aromatic rings.